The molecule has 0 saturated carbocycles. The molecular formula is C29H17F2N7OS. The molecule has 0 spiro atoms. The average molecular weight is 550 g/mol. The zero-order valence-electron chi connectivity index (χ0n) is 20.4. The number of halogens is 2. The number of carbonyl (C=O) groups is 1. The van der Waals surface area contributed by atoms with Gasteiger partial charge >= 0.3 is 0 Å². The van der Waals surface area contributed by atoms with Gasteiger partial charge in [0, 0.05) is 40.5 Å². The number of H-pyrrole nitrogens is 2. The van der Waals surface area contributed by atoms with Crippen LogP contribution >= 0.6 is 11.3 Å². The summed E-state index contributed by atoms with van der Waals surface area (Å²) in [5, 5.41) is 10.4. The molecule has 5 aromatic heterocycles. The van der Waals surface area contributed by atoms with Crippen molar-refractivity contribution in [2.24, 2.45) is 0 Å². The van der Waals surface area contributed by atoms with Gasteiger partial charge in [0.2, 0.25) is 0 Å². The number of anilines is 1. The zero-order valence-corrected chi connectivity index (χ0v) is 21.3. The van der Waals surface area contributed by atoms with E-state index >= 15 is 4.39 Å². The Hall–Kier alpha value is -5.29. The first-order valence-corrected chi connectivity index (χ1v) is 13.0. The maximum atomic E-state index is 15.3. The van der Waals surface area contributed by atoms with E-state index in [9.17, 15) is 9.18 Å². The summed E-state index contributed by atoms with van der Waals surface area (Å²) < 4.78 is 28.9. The summed E-state index contributed by atoms with van der Waals surface area (Å²) >= 11 is 0.991. The highest BCUT2D eigenvalue weighted by atomic mass is 32.1. The van der Waals surface area contributed by atoms with Crippen LogP contribution in [0.4, 0.5) is 14.5 Å². The maximum Gasteiger partial charge on any atom is 0.255 e. The van der Waals surface area contributed by atoms with Gasteiger partial charge in [0.25, 0.3) is 5.91 Å². The number of imidazole rings is 1. The molecule has 8 nitrogen and oxygen atoms in total. The topological polar surface area (TPSA) is 112 Å². The summed E-state index contributed by atoms with van der Waals surface area (Å²) in [5.41, 5.74) is 4.49. The molecule has 1 amide bonds. The van der Waals surface area contributed by atoms with Gasteiger partial charge in [-0.05, 0) is 42.5 Å². The average Bonchev–Trinajstić information content (AvgIpc) is 3.70. The minimum atomic E-state index is -0.480. The van der Waals surface area contributed by atoms with Crippen LogP contribution in [0, 0.1) is 10.9 Å². The van der Waals surface area contributed by atoms with Crippen LogP contribution < -0.4 is 5.32 Å². The number of aromatic amines is 2. The third-order valence-corrected chi connectivity index (χ3v) is 7.31. The molecule has 40 heavy (non-hydrogen) atoms. The van der Waals surface area contributed by atoms with Crippen molar-refractivity contribution in [3.05, 3.63) is 102 Å². The van der Waals surface area contributed by atoms with Crippen molar-refractivity contribution < 1.29 is 13.6 Å². The highest BCUT2D eigenvalue weighted by Crippen LogP contribution is 2.35. The van der Waals surface area contributed by atoms with Gasteiger partial charge in [-0.15, -0.1) is 11.3 Å². The fourth-order valence-corrected chi connectivity index (χ4v) is 5.29. The molecule has 0 aliphatic rings. The van der Waals surface area contributed by atoms with Crippen molar-refractivity contribution in [2.75, 3.05) is 5.32 Å². The number of hydrogen-bond acceptors (Lipinski definition) is 6. The Morgan fingerprint density at radius 1 is 0.925 bits per heavy atom. The van der Waals surface area contributed by atoms with Crippen LogP contribution in [0.15, 0.2) is 85.3 Å². The van der Waals surface area contributed by atoms with Crippen molar-refractivity contribution in [1.82, 2.24) is 30.1 Å². The van der Waals surface area contributed by atoms with Crippen molar-refractivity contribution in [1.29, 1.82) is 0 Å². The van der Waals surface area contributed by atoms with E-state index in [-0.39, 0.29) is 16.6 Å². The third-order valence-electron chi connectivity index (χ3n) is 6.43. The Balaban J connectivity index is 1.28. The molecule has 0 saturated heterocycles. The molecule has 5 heterocycles. The van der Waals surface area contributed by atoms with Crippen molar-refractivity contribution in [3.8, 4) is 33.2 Å². The van der Waals surface area contributed by atoms with Crippen LogP contribution in [-0.2, 0) is 0 Å². The number of rotatable bonds is 5. The Kier molecular flexibility index (Phi) is 5.64. The van der Waals surface area contributed by atoms with E-state index < -0.39 is 5.82 Å². The molecule has 7 rings (SSSR count). The van der Waals surface area contributed by atoms with E-state index in [4.69, 9.17) is 4.98 Å². The highest BCUT2D eigenvalue weighted by molar-refractivity contribution is 7.13. The number of amides is 1. The van der Waals surface area contributed by atoms with E-state index in [2.05, 4.69) is 30.5 Å². The molecule has 0 aliphatic heterocycles. The molecule has 0 aliphatic carbocycles. The van der Waals surface area contributed by atoms with Crippen LogP contribution in [0.25, 0.3) is 55.2 Å². The van der Waals surface area contributed by atoms with E-state index in [1.165, 1.54) is 24.5 Å². The largest absolute Gasteiger partial charge is 0.336 e. The van der Waals surface area contributed by atoms with E-state index in [0.29, 0.717) is 60.8 Å². The number of aromatic nitrogens is 6. The molecular weight excluding hydrogens is 532 g/mol. The summed E-state index contributed by atoms with van der Waals surface area (Å²) in [5.74, 6) is -0.324. The van der Waals surface area contributed by atoms with Crippen LogP contribution in [0.5, 0.6) is 0 Å². The fraction of sp³-hybridized carbons (Fsp3) is 0. The number of pyridine rings is 2. The summed E-state index contributed by atoms with van der Waals surface area (Å²) in [6.07, 6.45) is 4.66. The van der Waals surface area contributed by atoms with Crippen LogP contribution in [-0.4, -0.2) is 36.0 Å². The Morgan fingerprint density at radius 2 is 1.80 bits per heavy atom. The van der Waals surface area contributed by atoms with Gasteiger partial charge in [-0.3, -0.25) is 19.9 Å². The molecule has 0 bridgehead atoms. The smallest absolute Gasteiger partial charge is 0.255 e. The first-order chi connectivity index (χ1) is 19.5. The molecule has 3 N–H and O–H groups in total. The molecule has 0 fully saturated rings. The zero-order chi connectivity index (χ0) is 27.2. The number of benzene rings is 2. The lowest BCUT2D eigenvalue weighted by molar-refractivity contribution is 0.102. The van der Waals surface area contributed by atoms with Crippen LogP contribution in [0.2, 0.25) is 0 Å². The standard InChI is InChI=1S/C29H17F2N7OS/c30-20-12-22-19(11-18(20)16-10-17(14-32-13-16)34-29(39)15-4-2-1-3-5-15)25(38-37-22)28-35-21-8-9-33-27(26(21)36-28)23-6-7-24(31)40-23/h1-14H,(H,34,39)(H,35,36)(H,37,38). The normalized spacial score (nSPS) is 11.3. The monoisotopic (exact) mass is 549 g/mol. The lowest BCUT2D eigenvalue weighted by Crippen LogP contribution is -2.11. The number of fused-ring (bicyclic) bond motifs is 2. The van der Waals surface area contributed by atoms with Crippen molar-refractivity contribution in [2.45, 2.75) is 0 Å². The summed E-state index contributed by atoms with van der Waals surface area (Å²) in [6.45, 7) is 0. The first kappa shape index (κ1) is 23.8. The number of thiophene rings is 1. The van der Waals surface area contributed by atoms with Crippen LogP contribution in [0.3, 0.4) is 0 Å². The lowest BCUT2D eigenvalue weighted by atomic mass is 10.0. The summed E-state index contributed by atoms with van der Waals surface area (Å²) in [7, 11) is 0. The quantitative estimate of drug-likeness (QED) is 0.218. The summed E-state index contributed by atoms with van der Waals surface area (Å²) in [6, 6.07) is 18.3. The van der Waals surface area contributed by atoms with Gasteiger partial charge in [0.1, 0.15) is 22.7 Å². The first-order valence-electron chi connectivity index (χ1n) is 12.1. The lowest BCUT2D eigenvalue weighted by Gasteiger charge is -2.08. The Labute approximate surface area is 228 Å². The van der Waals surface area contributed by atoms with E-state index in [0.717, 1.165) is 11.3 Å². The summed E-state index contributed by atoms with van der Waals surface area (Å²) in [4.78, 5) is 29.8. The van der Waals surface area contributed by atoms with Crippen LogP contribution in [0.1, 0.15) is 10.4 Å². The minimum Gasteiger partial charge on any atom is -0.336 e. The van der Waals surface area contributed by atoms with Crippen molar-refractivity contribution >= 4 is 44.9 Å². The predicted molar refractivity (Wildman–Crippen MR) is 150 cm³/mol. The second-order valence-electron chi connectivity index (χ2n) is 8.98. The molecule has 0 radical (unpaired) electrons. The van der Waals surface area contributed by atoms with E-state index in [1.807, 2.05) is 6.07 Å². The Morgan fingerprint density at radius 3 is 2.62 bits per heavy atom. The van der Waals surface area contributed by atoms with Gasteiger partial charge < -0.3 is 10.3 Å². The predicted octanol–water partition coefficient (Wildman–Crippen LogP) is 6.82. The van der Waals surface area contributed by atoms with Gasteiger partial charge in [-0.25, -0.2) is 9.37 Å². The second kappa shape index (κ2) is 9.47. The number of carbonyl (C=O) groups excluding carboxylic acids is 1. The number of nitrogens with zero attached hydrogens (tertiary/aromatic N) is 4. The number of hydrogen-bond donors (Lipinski definition) is 3. The Bertz CT molecular complexity index is 2050. The van der Waals surface area contributed by atoms with Gasteiger partial charge in [0.05, 0.1) is 27.8 Å². The minimum absolute atomic E-state index is 0.283. The SMILES string of the molecule is O=C(Nc1cncc(-c2cc3c(-c4nc5c(-c6ccc(F)s6)nccc5[nH]4)n[nH]c3cc2F)c1)c1ccccc1. The number of nitrogens with one attached hydrogen (secondary N) is 3. The van der Waals surface area contributed by atoms with Gasteiger partial charge in [0.15, 0.2) is 11.0 Å². The molecule has 7 aromatic rings. The molecule has 11 heteroatoms. The molecule has 0 atom stereocenters. The fourth-order valence-electron chi connectivity index (χ4n) is 4.56. The highest BCUT2D eigenvalue weighted by Gasteiger charge is 2.19. The van der Waals surface area contributed by atoms with E-state index in [1.54, 1.807) is 54.7 Å². The second-order valence-corrected chi connectivity index (χ2v) is 10.0. The van der Waals surface area contributed by atoms with Gasteiger partial charge in [-0.1, -0.05) is 18.2 Å². The third kappa shape index (κ3) is 4.18. The molecule has 0 unspecified atom stereocenters. The van der Waals surface area contributed by atoms with Gasteiger partial charge in [-0.2, -0.15) is 9.49 Å². The molecule has 194 valence electrons. The maximum absolute atomic E-state index is 15.3. The van der Waals surface area contributed by atoms with Crippen molar-refractivity contribution in [3.63, 3.8) is 0 Å². The molecule has 2 aromatic carbocycles.